The van der Waals surface area contributed by atoms with E-state index in [1.807, 2.05) is 51.1 Å². The largest absolute Gasteiger partial charge is 0.383 e. The van der Waals surface area contributed by atoms with Crippen molar-refractivity contribution >= 4 is 27.9 Å². The number of nitrogen functional groups attached to an aromatic ring is 1. The number of benzene rings is 1. The smallest absolute Gasteiger partial charge is 0.267 e. The Morgan fingerprint density at radius 2 is 1.81 bits per heavy atom. The van der Waals surface area contributed by atoms with Crippen molar-refractivity contribution < 1.29 is 0 Å². The van der Waals surface area contributed by atoms with Gasteiger partial charge in [0, 0.05) is 6.20 Å². The standard InChI is InChI=1S/C23H22N8O/c1-4-15-19-20(24)26-12-27-22(19)30(29-15)11-17-28-21-18(14(3)9-10-25-21)23(32)31(17)16-8-6-5-7-13(16)2/h5-10,12H,4,11H2,1-3H3,(H2,24,26,27). The second-order valence-corrected chi connectivity index (χ2v) is 7.70. The van der Waals surface area contributed by atoms with E-state index in [9.17, 15) is 4.79 Å². The quantitative estimate of drug-likeness (QED) is 0.469. The van der Waals surface area contributed by atoms with Crippen LogP contribution >= 0.6 is 0 Å². The Morgan fingerprint density at radius 1 is 1.00 bits per heavy atom. The Hall–Kier alpha value is -4.14. The van der Waals surface area contributed by atoms with Crippen molar-refractivity contribution in [2.75, 3.05) is 5.73 Å². The van der Waals surface area contributed by atoms with Crippen LogP contribution in [0.4, 0.5) is 5.82 Å². The topological polar surface area (TPSA) is 117 Å². The van der Waals surface area contributed by atoms with Crippen LogP contribution in [-0.2, 0) is 13.0 Å². The molecule has 9 heteroatoms. The molecule has 0 bridgehead atoms. The molecular weight excluding hydrogens is 404 g/mol. The van der Waals surface area contributed by atoms with Gasteiger partial charge in [-0.3, -0.25) is 9.36 Å². The monoisotopic (exact) mass is 426 g/mol. The molecule has 0 aliphatic carbocycles. The third kappa shape index (κ3) is 3.01. The van der Waals surface area contributed by atoms with E-state index in [0.29, 0.717) is 34.7 Å². The van der Waals surface area contributed by atoms with E-state index in [-0.39, 0.29) is 12.1 Å². The highest BCUT2D eigenvalue weighted by Gasteiger charge is 2.20. The Morgan fingerprint density at radius 3 is 2.59 bits per heavy atom. The number of rotatable bonds is 4. The van der Waals surface area contributed by atoms with Crippen molar-refractivity contribution in [1.29, 1.82) is 0 Å². The molecule has 0 atom stereocenters. The molecule has 0 aliphatic rings. The summed E-state index contributed by atoms with van der Waals surface area (Å²) in [4.78, 5) is 31.4. The fraction of sp³-hybridized carbons (Fsp3) is 0.217. The molecule has 2 N–H and O–H groups in total. The number of fused-ring (bicyclic) bond motifs is 2. The fourth-order valence-corrected chi connectivity index (χ4v) is 4.06. The van der Waals surface area contributed by atoms with Crippen LogP contribution in [0.2, 0.25) is 0 Å². The second-order valence-electron chi connectivity index (χ2n) is 7.70. The number of pyridine rings is 1. The van der Waals surface area contributed by atoms with Crippen LogP contribution in [0.5, 0.6) is 0 Å². The van der Waals surface area contributed by atoms with Crippen LogP contribution in [0.1, 0.15) is 29.6 Å². The lowest BCUT2D eigenvalue weighted by molar-refractivity contribution is 0.639. The predicted octanol–water partition coefficient (Wildman–Crippen LogP) is 2.73. The molecule has 4 aromatic heterocycles. The first kappa shape index (κ1) is 19.8. The summed E-state index contributed by atoms with van der Waals surface area (Å²) < 4.78 is 3.38. The minimum absolute atomic E-state index is 0.161. The van der Waals surface area contributed by atoms with Gasteiger partial charge >= 0.3 is 0 Å². The highest BCUT2D eigenvalue weighted by molar-refractivity contribution is 5.88. The molecular formula is C23H22N8O. The van der Waals surface area contributed by atoms with Gasteiger partial charge in [-0.15, -0.1) is 0 Å². The zero-order chi connectivity index (χ0) is 22.4. The van der Waals surface area contributed by atoms with Gasteiger partial charge in [0.1, 0.15) is 24.5 Å². The molecule has 0 unspecified atom stereocenters. The van der Waals surface area contributed by atoms with Gasteiger partial charge in [-0.25, -0.2) is 24.6 Å². The SMILES string of the molecule is CCc1nn(Cc2nc3nccc(C)c3c(=O)n2-c2ccccc2C)c2ncnc(N)c12. The number of hydrogen-bond acceptors (Lipinski definition) is 7. The van der Waals surface area contributed by atoms with E-state index < -0.39 is 0 Å². The first-order chi connectivity index (χ1) is 15.5. The Balaban J connectivity index is 1.81. The minimum Gasteiger partial charge on any atom is -0.383 e. The van der Waals surface area contributed by atoms with Crippen LogP contribution in [0.25, 0.3) is 27.8 Å². The molecule has 0 saturated carbocycles. The maximum Gasteiger partial charge on any atom is 0.267 e. The molecule has 9 nitrogen and oxygen atoms in total. The van der Waals surface area contributed by atoms with Gasteiger partial charge in [0.05, 0.1) is 22.2 Å². The Labute approximate surface area is 183 Å². The van der Waals surface area contributed by atoms with Crippen molar-refractivity contribution in [3.63, 3.8) is 0 Å². The van der Waals surface area contributed by atoms with Crippen molar-refractivity contribution in [3.05, 3.63) is 75.9 Å². The summed E-state index contributed by atoms with van der Waals surface area (Å²) >= 11 is 0. The number of aromatic nitrogens is 7. The number of hydrogen-bond donors (Lipinski definition) is 1. The van der Waals surface area contributed by atoms with Gasteiger partial charge in [0.15, 0.2) is 11.3 Å². The third-order valence-corrected chi connectivity index (χ3v) is 5.66. The lowest BCUT2D eigenvalue weighted by Gasteiger charge is -2.16. The maximum atomic E-state index is 13.7. The van der Waals surface area contributed by atoms with Gasteiger partial charge < -0.3 is 5.73 Å². The zero-order valence-electron chi connectivity index (χ0n) is 18.1. The van der Waals surface area contributed by atoms with Crippen molar-refractivity contribution in [2.24, 2.45) is 0 Å². The lowest BCUT2D eigenvalue weighted by Crippen LogP contribution is -2.27. The van der Waals surface area contributed by atoms with E-state index >= 15 is 0 Å². The number of nitrogens with two attached hydrogens (primary N) is 1. The van der Waals surface area contributed by atoms with Gasteiger partial charge in [0.25, 0.3) is 5.56 Å². The Bertz CT molecular complexity index is 1550. The number of aryl methyl sites for hydroxylation is 3. The molecule has 0 aliphatic heterocycles. The maximum absolute atomic E-state index is 13.7. The van der Waals surface area contributed by atoms with Gasteiger partial charge in [-0.05, 0) is 43.5 Å². The summed E-state index contributed by atoms with van der Waals surface area (Å²) in [5.74, 6) is 0.900. The summed E-state index contributed by atoms with van der Waals surface area (Å²) in [7, 11) is 0. The molecule has 0 amide bonds. The van der Waals surface area contributed by atoms with Crippen molar-refractivity contribution in [1.82, 2.24) is 34.3 Å². The van der Waals surface area contributed by atoms with Gasteiger partial charge in [-0.2, -0.15) is 5.10 Å². The zero-order valence-corrected chi connectivity index (χ0v) is 18.1. The van der Waals surface area contributed by atoms with Crippen LogP contribution in [0.15, 0.2) is 47.7 Å². The Kier molecular flexibility index (Phi) is 4.66. The summed E-state index contributed by atoms with van der Waals surface area (Å²) in [5.41, 5.74) is 10.3. The van der Waals surface area contributed by atoms with Crippen LogP contribution < -0.4 is 11.3 Å². The molecule has 5 aromatic rings. The van der Waals surface area contributed by atoms with E-state index in [0.717, 1.165) is 27.9 Å². The molecule has 1 aromatic carbocycles. The summed E-state index contributed by atoms with van der Waals surface area (Å²) in [5, 5.41) is 5.94. The first-order valence-corrected chi connectivity index (χ1v) is 10.4. The highest BCUT2D eigenvalue weighted by atomic mass is 16.1. The fourth-order valence-electron chi connectivity index (χ4n) is 4.06. The third-order valence-electron chi connectivity index (χ3n) is 5.66. The molecule has 160 valence electrons. The second kappa shape index (κ2) is 7.52. The van der Waals surface area contributed by atoms with Crippen LogP contribution in [-0.4, -0.2) is 34.3 Å². The van der Waals surface area contributed by atoms with E-state index in [2.05, 4.69) is 15.0 Å². The molecule has 4 heterocycles. The number of anilines is 1. The van der Waals surface area contributed by atoms with E-state index in [4.69, 9.17) is 15.8 Å². The van der Waals surface area contributed by atoms with Gasteiger partial charge in [-0.1, -0.05) is 25.1 Å². The average Bonchev–Trinajstić information content (AvgIpc) is 3.14. The van der Waals surface area contributed by atoms with E-state index in [1.54, 1.807) is 15.4 Å². The number of nitrogens with zero attached hydrogens (tertiary/aromatic N) is 7. The number of para-hydroxylation sites is 1. The molecule has 0 saturated heterocycles. The molecule has 5 rings (SSSR count). The van der Waals surface area contributed by atoms with Crippen molar-refractivity contribution in [2.45, 2.75) is 33.7 Å². The summed E-state index contributed by atoms with van der Waals surface area (Å²) in [6.07, 6.45) is 3.76. The summed E-state index contributed by atoms with van der Waals surface area (Å²) in [6, 6.07) is 9.56. The van der Waals surface area contributed by atoms with Crippen molar-refractivity contribution in [3.8, 4) is 5.69 Å². The van der Waals surface area contributed by atoms with Crippen LogP contribution in [0, 0.1) is 13.8 Å². The average molecular weight is 426 g/mol. The molecule has 0 radical (unpaired) electrons. The summed E-state index contributed by atoms with van der Waals surface area (Å²) in [6.45, 7) is 6.09. The first-order valence-electron chi connectivity index (χ1n) is 10.4. The van der Waals surface area contributed by atoms with Crippen LogP contribution in [0.3, 0.4) is 0 Å². The molecule has 0 spiro atoms. The minimum atomic E-state index is -0.161. The normalized spacial score (nSPS) is 11.5. The molecule has 32 heavy (non-hydrogen) atoms. The van der Waals surface area contributed by atoms with E-state index in [1.165, 1.54) is 6.33 Å². The molecule has 0 fully saturated rings. The highest BCUT2D eigenvalue weighted by Crippen LogP contribution is 2.23. The predicted molar refractivity (Wildman–Crippen MR) is 123 cm³/mol. The lowest BCUT2D eigenvalue weighted by atomic mass is 10.1. The van der Waals surface area contributed by atoms with Gasteiger partial charge in [0.2, 0.25) is 0 Å².